The molecule has 7 heteroatoms. The smallest absolute Gasteiger partial charge is 0.250 e. The first-order chi connectivity index (χ1) is 10.3. The predicted molar refractivity (Wildman–Crippen MR) is 85.9 cm³/mol. The van der Waals surface area contributed by atoms with Gasteiger partial charge in [0.05, 0.1) is 17.3 Å². The van der Waals surface area contributed by atoms with Gasteiger partial charge in [-0.3, -0.25) is 14.4 Å². The van der Waals surface area contributed by atoms with Crippen LogP contribution in [-0.4, -0.2) is 69.4 Å². The molecule has 1 aliphatic rings. The highest BCUT2D eigenvalue weighted by Gasteiger charge is 2.36. The number of piperazine rings is 1. The van der Waals surface area contributed by atoms with Crippen LogP contribution in [0.1, 0.15) is 27.2 Å². The number of aliphatic hydroxyl groups is 1. The number of carbonyl (C=O) groups is 1. The molecule has 124 valence electrons. The lowest BCUT2D eigenvalue weighted by atomic mass is 10.0. The molecule has 0 spiro atoms. The minimum Gasteiger partial charge on any atom is -0.392 e. The summed E-state index contributed by atoms with van der Waals surface area (Å²) >= 11 is 5.90. The van der Waals surface area contributed by atoms with Gasteiger partial charge in [-0.25, -0.2) is 0 Å². The average molecular weight is 329 g/mol. The predicted octanol–water partition coefficient (Wildman–Crippen LogP) is 1.19. The second-order valence-corrected chi connectivity index (χ2v) is 6.75. The van der Waals surface area contributed by atoms with E-state index in [0.717, 1.165) is 19.5 Å². The third kappa shape index (κ3) is 3.80. The molecule has 1 N–H and O–H groups in total. The van der Waals surface area contributed by atoms with Gasteiger partial charge in [-0.05, 0) is 20.3 Å². The zero-order valence-electron chi connectivity index (χ0n) is 13.5. The van der Waals surface area contributed by atoms with Crippen molar-refractivity contribution in [3.8, 4) is 0 Å². The standard InChI is InChI=1S/C15H25ClN4O2/c1-4-13(21)11-18-5-7-19(8-6-18)14(22)15(2,3)20-10-12(16)9-17-20/h9-10,13,21H,4-8,11H2,1-3H3/t13-/m1/s1. The van der Waals surface area contributed by atoms with E-state index >= 15 is 0 Å². The molecule has 0 radical (unpaired) electrons. The molecule has 1 atom stereocenters. The maximum Gasteiger partial charge on any atom is 0.250 e. The topological polar surface area (TPSA) is 61.6 Å². The zero-order chi connectivity index (χ0) is 16.3. The highest BCUT2D eigenvalue weighted by Crippen LogP contribution is 2.21. The zero-order valence-corrected chi connectivity index (χ0v) is 14.3. The summed E-state index contributed by atoms with van der Waals surface area (Å²) in [4.78, 5) is 16.8. The SMILES string of the molecule is CC[C@@H](O)CN1CCN(C(=O)C(C)(C)n2cc(Cl)cn2)CC1. The number of carbonyl (C=O) groups excluding carboxylic acids is 1. The van der Waals surface area contributed by atoms with E-state index in [4.69, 9.17) is 11.6 Å². The third-order valence-corrected chi connectivity index (χ3v) is 4.44. The summed E-state index contributed by atoms with van der Waals surface area (Å²) in [6.07, 6.45) is 3.69. The fourth-order valence-electron chi connectivity index (χ4n) is 2.65. The first kappa shape index (κ1) is 17.2. The number of amides is 1. The van der Waals surface area contributed by atoms with Gasteiger partial charge in [0.1, 0.15) is 5.54 Å². The molecule has 1 aromatic heterocycles. The number of nitrogens with zero attached hydrogens (tertiary/aromatic N) is 4. The number of aromatic nitrogens is 2. The minimum atomic E-state index is -0.752. The summed E-state index contributed by atoms with van der Waals surface area (Å²) in [5.74, 6) is 0.0444. The van der Waals surface area contributed by atoms with Crippen LogP contribution in [0, 0.1) is 0 Å². The summed E-state index contributed by atoms with van der Waals surface area (Å²) in [5, 5.41) is 14.4. The summed E-state index contributed by atoms with van der Waals surface area (Å²) in [7, 11) is 0. The van der Waals surface area contributed by atoms with Gasteiger partial charge in [-0.15, -0.1) is 0 Å². The Balaban J connectivity index is 1.94. The van der Waals surface area contributed by atoms with Gasteiger partial charge in [0.2, 0.25) is 5.91 Å². The molecule has 0 unspecified atom stereocenters. The molecule has 1 amide bonds. The maximum atomic E-state index is 12.8. The van der Waals surface area contributed by atoms with Crippen molar-refractivity contribution in [3.05, 3.63) is 17.4 Å². The molecule has 0 saturated carbocycles. The molecule has 0 aromatic carbocycles. The van der Waals surface area contributed by atoms with Gasteiger partial charge in [-0.1, -0.05) is 18.5 Å². The van der Waals surface area contributed by atoms with Crippen LogP contribution in [0.25, 0.3) is 0 Å². The van der Waals surface area contributed by atoms with Crippen LogP contribution in [-0.2, 0) is 10.3 Å². The van der Waals surface area contributed by atoms with Crippen molar-refractivity contribution in [2.75, 3.05) is 32.7 Å². The lowest BCUT2D eigenvalue weighted by Gasteiger charge is -2.39. The van der Waals surface area contributed by atoms with Crippen LogP contribution in [0.5, 0.6) is 0 Å². The van der Waals surface area contributed by atoms with Gasteiger partial charge in [-0.2, -0.15) is 5.10 Å². The molecule has 1 aromatic rings. The fourth-order valence-corrected chi connectivity index (χ4v) is 2.79. The summed E-state index contributed by atoms with van der Waals surface area (Å²) < 4.78 is 1.62. The Morgan fingerprint density at radius 3 is 2.55 bits per heavy atom. The van der Waals surface area contributed by atoms with Gasteiger partial charge >= 0.3 is 0 Å². The van der Waals surface area contributed by atoms with Gasteiger partial charge < -0.3 is 10.0 Å². The number of aliphatic hydroxyl groups excluding tert-OH is 1. The lowest BCUT2D eigenvalue weighted by molar-refractivity contribution is -0.141. The Labute approximate surface area is 136 Å². The first-order valence-electron chi connectivity index (χ1n) is 7.75. The van der Waals surface area contributed by atoms with Crippen molar-refractivity contribution in [1.82, 2.24) is 19.6 Å². The first-order valence-corrected chi connectivity index (χ1v) is 8.12. The Bertz CT molecular complexity index is 509. The molecule has 1 saturated heterocycles. The number of halogens is 1. The number of hydrogen-bond acceptors (Lipinski definition) is 4. The van der Waals surface area contributed by atoms with Crippen molar-refractivity contribution in [2.45, 2.75) is 38.8 Å². The molecule has 1 fully saturated rings. The van der Waals surface area contributed by atoms with E-state index in [2.05, 4.69) is 10.00 Å². The largest absolute Gasteiger partial charge is 0.392 e. The molecular weight excluding hydrogens is 304 g/mol. The Kier molecular flexibility index (Phi) is 5.47. The van der Waals surface area contributed by atoms with Gasteiger partial charge in [0.15, 0.2) is 0 Å². The maximum absolute atomic E-state index is 12.8. The quantitative estimate of drug-likeness (QED) is 0.882. The second-order valence-electron chi connectivity index (χ2n) is 6.32. The number of hydrogen-bond donors (Lipinski definition) is 1. The van der Waals surface area contributed by atoms with Crippen LogP contribution < -0.4 is 0 Å². The van der Waals surface area contributed by atoms with E-state index in [9.17, 15) is 9.90 Å². The third-order valence-electron chi connectivity index (χ3n) is 4.25. The van der Waals surface area contributed by atoms with E-state index in [1.807, 2.05) is 25.7 Å². The van der Waals surface area contributed by atoms with Gasteiger partial charge in [0, 0.05) is 38.9 Å². The van der Waals surface area contributed by atoms with E-state index < -0.39 is 5.54 Å². The number of β-amino-alcohol motifs (C(OH)–C–C–N with tert-alkyl or cyclic N) is 1. The molecule has 0 aliphatic carbocycles. The van der Waals surface area contributed by atoms with Crippen molar-refractivity contribution >= 4 is 17.5 Å². The Morgan fingerprint density at radius 1 is 1.41 bits per heavy atom. The minimum absolute atomic E-state index is 0.0444. The molecule has 2 heterocycles. The summed E-state index contributed by atoms with van der Waals surface area (Å²) in [6.45, 7) is 9.29. The average Bonchev–Trinajstić information content (AvgIpc) is 2.94. The Morgan fingerprint density at radius 2 is 2.05 bits per heavy atom. The van der Waals surface area contributed by atoms with Crippen LogP contribution in [0.4, 0.5) is 0 Å². The lowest BCUT2D eigenvalue weighted by Crippen LogP contribution is -2.55. The summed E-state index contributed by atoms with van der Waals surface area (Å²) in [5.41, 5.74) is -0.752. The monoisotopic (exact) mass is 328 g/mol. The molecule has 1 aliphatic heterocycles. The van der Waals surface area contributed by atoms with Crippen LogP contribution >= 0.6 is 11.6 Å². The van der Waals surface area contributed by atoms with Crippen molar-refractivity contribution in [3.63, 3.8) is 0 Å². The van der Waals surface area contributed by atoms with E-state index in [1.54, 1.807) is 17.1 Å². The van der Waals surface area contributed by atoms with Crippen LogP contribution in [0.3, 0.4) is 0 Å². The molecule has 0 bridgehead atoms. The molecule has 2 rings (SSSR count). The van der Waals surface area contributed by atoms with Gasteiger partial charge in [0.25, 0.3) is 0 Å². The fraction of sp³-hybridized carbons (Fsp3) is 0.733. The molecule has 6 nitrogen and oxygen atoms in total. The van der Waals surface area contributed by atoms with Crippen LogP contribution in [0.2, 0.25) is 5.02 Å². The Hall–Kier alpha value is -1.11. The second kappa shape index (κ2) is 6.98. The van der Waals surface area contributed by atoms with E-state index in [1.165, 1.54) is 0 Å². The van der Waals surface area contributed by atoms with Crippen LogP contribution in [0.15, 0.2) is 12.4 Å². The molecule has 22 heavy (non-hydrogen) atoms. The van der Waals surface area contributed by atoms with Crippen molar-refractivity contribution in [1.29, 1.82) is 0 Å². The number of rotatable bonds is 5. The summed E-state index contributed by atoms with van der Waals surface area (Å²) in [6, 6.07) is 0. The molecular formula is C15H25ClN4O2. The highest BCUT2D eigenvalue weighted by atomic mass is 35.5. The van der Waals surface area contributed by atoms with Crippen molar-refractivity contribution in [2.24, 2.45) is 0 Å². The van der Waals surface area contributed by atoms with E-state index in [-0.39, 0.29) is 12.0 Å². The van der Waals surface area contributed by atoms with Crippen molar-refractivity contribution < 1.29 is 9.90 Å². The normalized spacial score (nSPS) is 18.5. The van der Waals surface area contributed by atoms with E-state index in [0.29, 0.717) is 24.7 Å². The highest BCUT2D eigenvalue weighted by molar-refractivity contribution is 6.30.